The molecule has 3 nitrogen and oxygen atoms in total. The third-order valence-electron chi connectivity index (χ3n) is 2.09. The second-order valence-corrected chi connectivity index (χ2v) is 3.38. The zero-order valence-electron chi connectivity index (χ0n) is 7.99. The summed E-state index contributed by atoms with van der Waals surface area (Å²) in [7, 11) is 1.98. The molecule has 0 saturated carbocycles. The van der Waals surface area contributed by atoms with E-state index in [0.29, 0.717) is 12.0 Å². The van der Waals surface area contributed by atoms with E-state index in [9.17, 15) is 0 Å². The maximum absolute atomic E-state index is 4.04. The second kappa shape index (κ2) is 4.26. The maximum Gasteiger partial charge on any atom is 0.0949 e. The van der Waals surface area contributed by atoms with Crippen LogP contribution in [0.15, 0.2) is 18.7 Å². The molecule has 0 saturated heterocycles. The highest BCUT2D eigenvalue weighted by Gasteiger charge is 2.12. The number of nitrogens with zero attached hydrogens (tertiary/aromatic N) is 2. The van der Waals surface area contributed by atoms with Gasteiger partial charge in [-0.3, -0.25) is 0 Å². The fraction of sp³-hybridized carbons (Fsp3) is 0.667. The van der Waals surface area contributed by atoms with E-state index in [1.807, 2.05) is 25.8 Å². The Bertz CT molecular complexity index is 204. The molecular weight excluding hydrogens is 150 g/mol. The summed E-state index contributed by atoms with van der Waals surface area (Å²) < 4.78 is 2.15. The van der Waals surface area contributed by atoms with Crippen molar-refractivity contribution < 1.29 is 0 Å². The lowest BCUT2D eigenvalue weighted by Gasteiger charge is -2.21. The predicted molar refractivity (Wildman–Crippen MR) is 50.0 cm³/mol. The van der Waals surface area contributed by atoms with Gasteiger partial charge in [-0.15, -0.1) is 0 Å². The van der Waals surface area contributed by atoms with Gasteiger partial charge in [-0.1, -0.05) is 13.8 Å². The SMILES string of the molecule is CNCC(C(C)C)n1ccnc1. The third-order valence-corrected chi connectivity index (χ3v) is 2.09. The van der Waals surface area contributed by atoms with E-state index in [0.717, 1.165) is 6.54 Å². The highest BCUT2D eigenvalue weighted by molar-refractivity contribution is 4.82. The Morgan fingerprint density at radius 1 is 1.50 bits per heavy atom. The minimum Gasteiger partial charge on any atom is -0.333 e. The molecular formula is C9H17N3. The van der Waals surface area contributed by atoms with Crippen LogP contribution < -0.4 is 5.32 Å². The van der Waals surface area contributed by atoms with Gasteiger partial charge in [-0.25, -0.2) is 4.98 Å². The zero-order valence-corrected chi connectivity index (χ0v) is 7.99. The van der Waals surface area contributed by atoms with Gasteiger partial charge in [-0.05, 0) is 13.0 Å². The van der Waals surface area contributed by atoms with Crippen molar-refractivity contribution in [3.05, 3.63) is 18.7 Å². The lowest BCUT2D eigenvalue weighted by molar-refractivity contribution is 0.365. The van der Waals surface area contributed by atoms with Crippen LogP contribution in [0, 0.1) is 5.92 Å². The molecule has 0 aliphatic carbocycles. The van der Waals surface area contributed by atoms with Gasteiger partial charge in [0.05, 0.1) is 6.33 Å². The highest BCUT2D eigenvalue weighted by atomic mass is 15.1. The monoisotopic (exact) mass is 167 g/mol. The number of hydrogen-bond acceptors (Lipinski definition) is 2. The molecule has 1 rings (SSSR count). The van der Waals surface area contributed by atoms with Crippen LogP contribution in [0.1, 0.15) is 19.9 Å². The Labute approximate surface area is 73.8 Å². The molecule has 0 aromatic carbocycles. The average molecular weight is 167 g/mol. The van der Waals surface area contributed by atoms with E-state index in [-0.39, 0.29) is 0 Å². The highest BCUT2D eigenvalue weighted by Crippen LogP contribution is 2.15. The van der Waals surface area contributed by atoms with E-state index in [1.165, 1.54) is 0 Å². The van der Waals surface area contributed by atoms with E-state index in [4.69, 9.17) is 0 Å². The van der Waals surface area contributed by atoms with Gasteiger partial charge >= 0.3 is 0 Å². The maximum atomic E-state index is 4.04. The first kappa shape index (κ1) is 9.26. The Balaban J connectivity index is 2.66. The molecule has 1 heterocycles. The van der Waals surface area contributed by atoms with E-state index < -0.39 is 0 Å². The van der Waals surface area contributed by atoms with E-state index in [1.54, 1.807) is 0 Å². The molecule has 1 atom stereocenters. The van der Waals surface area contributed by atoms with Crippen molar-refractivity contribution in [3.63, 3.8) is 0 Å². The van der Waals surface area contributed by atoms with Gasteiger partial charge in [0.2, 0.25) is 0 Å². The molecule has 1 N–H and O–H groups in total. The molecule has 1 unspecified atom stereocenters. The smallest absolute Gasteiger partial charge is 0.0949 e. The molecule has 0 spiro atoms. The van der Waals surface area contributed by atoms with Crippen LogP contribution in [-0.4, -0.2) is 23.1 Å². The Hall–Kier alpha value is -0.830. The Kier molecular flexibility index (Phi) is 3.29. The van der Waals surface area contributed by atoms with Gasteiger partial charge in [0.25, 0.3) is 0 Å². The Morgan fingerprint density at radius 3 is 2.67 bits per heavy atom. The molecule has 1 aromatic heterocycles. The molecule has 0 amide bonds. The number of hydrogen-bond donors (Lipinski definition) is 1. The fourth-order valence-electron chi connectivity index (χ4n) is 1.36. The number of imidazole rings is 1. The van der Waals surface area contributed by atoms with Gasteiger partial charge in [-0.2, -0.15) is 0 Å². The van der Waals surface area contributed by atoms with E-state index >= 15 is 0 Å². The zero-order chi connectivity index (χ0) is 8.97. The topological polar surface area (TPSA) is 29.9 Å². The van der Waals surface area contributed by atoms with Gasteiger partial charge in [0, 0.05) is 25.0 Å². The van der Waals surface area contributed by atoms with Crippen LogP contribution in [0.2, 0.25) is 0 Å². The predicted octanol–water partition coefficient (Wildman–Crippen LogP) is 1.30. The lowest BCUT2D eigenvalue weighted by atomic mass is 10.0. The quantitative estimate of drug-likeness (QED) is 0.732. The summed E-state index contributed by atoms with van der Waals surface area (Å²) in [5.74, 6) is 0.631. The molecule has 0 radical (unpaired) electrons. The van der Waals surface area contributed by atoms with Crippen molar-refractivity contribution in [2.75, 3.05) is 13.6 Å². The molecule has 3 heteroatoms. The number of nitrogens with one attached hydrogen (secondary N) is 1. The van der Waals surface area contributed by atoms with Crippen molar-refractivity contribution in [2.24, 2.45) is 5.92 Å². The summed E-state index contributed by atoms with van der Waals surface area (Å²) in [6.07, 6.45) is 5.72. The summed E-state index contributed by atoms with van der Waals surface area (Å²) in [6.45, 7) is 5.44. The summed E-state index contributed by atoms with van der Waals surface area (Å²) in [5, 5.41) is 3.19. The Morgan fingerprint density at radius 2 is 2.25 bits per heavy atom. The number of aromatic nitrogens is 2. The molecule has 0 bridgehead atoms. The van der Waals surface area contributed by atoms with Crippen molar-refractivity contribution in [1.29, 1.82) is 0 Å². The van der Waals surface area contributed by atoms with Crippen molar-refractivity contribution in [1.82, 2.24) is 14.9 Å². The second-order valence-electron chi connectivity index (χ2n) is 3.38. The third kappa shape index (κ3) is 2.08. The van der Waals surface area contributed by atoms with Crippen LogP contribution in [-0.2, 0) is 0 Å². The summed E-state index contributed by atoms with van der Waals surface area (Å²) in [5.41, 5.74) is 0. The largest absolute Gasteiger partial charge is 0.333 e. The normalized spacial score (nSPS) is 13.7. The van der Waals surface area contributed by atoms with Crippen molar-refractivity contribution in [3.8, 4) is 0 Å². The molecule has 68 valence electrons. The van der Waals surface area contributed by atoms with Crippen LogP contribution in [0.5, 0.6) is 0 Å². The minimum absolute atomic E-state index is 0.512. The first-order valence-electron chi connectivity index (χ1n) is 4.37. The minimum atomic E-state index is 0.512. The molecule has 0 aliphatic heterocycles. The molecule has 0 aliphatic rings. The van der Waals surface area contributed by atoms with E-state index in [2.05, 4.69) is 28.7 Å². The first-order valence-corrected chi connectivity index (χ1v) is 4.37. The average Bonchev–Trinajstić information content (AvgIpc) is 2.51. The van der Waals surface area contributed by atoms with Crippen molar-refractivity contribution in [2.45, 2.75) is 19.9 Å². The molecule has 0 fully saturated rings. The fourth-order valence-corrected chi connectivity index (χ4v) is 1.36. The summed E-state index contributed by atoms with van der Waals surface area (Å²) in [6, 6.07) is 0.512. The summed E-state index contributed by atoms with van der Waals surface area (Å²) in [4.78, 5) is 4.04. The summed E-state index contributed by atoms with van der Waals surface area (Å²) >= 11 is 0. The van der Waals surface area contributed by atoms with Gasteiger partial charge in [0.15, 0.2) is 0 Å². The van der Waals surface area contributed by atoms with Crippen LogP contribution in [0.4, 0.5) is 0 Å². The lowest BCUT2D eigenvalue weighted by Crippen LogP contribution is -2.25. The van der Waals surface area contributed by atoms with Crippen LogP contribution in [0.25, 0.3) is 0 Å². The van der Waals surface area contributed by atoms with Gasteiger partial charge in [0.1, 0.15) is 0 Å². The molecule has 1 aromatic rings. The number of likely N-dealkylation sites (N-methyl/N-ethyl adjacent to an activating group) is 1. The van der Waals surface area contributed by atoms with Crippen LogP contribution in [0.3, 0.4) is 0 Å². The van der Waals surface area contributed by atoms with Crippen molar-refractivity contribution >= 4 is 0 Å². The first-order chi connectivity index (χ1) is 5.75. The van der Waals surface area contributed by atoms with Gasteiger partial charge < -0.3 is 9.88 Å². The van der Waals surface area contributed by atoms with Crippen LogP contribution >= 0.6 is 0 Å². The standard InChI is InChI=1S/C9H17N3/c1-8(2)9(6-10-3)12-5-4-11-7-12/h4-5,7-10H,6H2,1-3H3. The molecule has 12 heavy (non-hydrogen) atoms. The number of rotatable bonds is 4.